The molecule has 0 aliphatic carbocycles. The van der Waals surface area contributed by atoms with E-state index in [1.807, 2.05) is 48.5 Å². The number of esters is 2. The van der Waals surface area contributed by atoms with E-state index in [1.54, 1.807) is 0 Å². The number of carbonyl (C=O) groups is 2. The maximum absolute atomic E-state index is 11.6. The summed E-state index contributed by atoms with van der Waals surface area (Å²) < 4.78 is 27.2. The Bertz CT molecular complexity index is 1050. The summed E-state index contributed by atoms with van der Waals surface area (Å²) in [6.45, 7) is 4.43. The molecule has 0 aliphatic rings. The molecule has 2 aromatic rings. The number of nitrogens with two attached hydrogens (primary N) is 1. The van der Waals surface area contributed by atoms with E-state index < -0.39 is 24.1 Å². The summed E-state index contributed by atoms with van der Waals surface area (Å²) in [6, 6.07) is 15.3. The summed E-state index contributed by atoms with van der Waals surface area (Å²) in [4.78, 5) is 22.9. The molecule has 206 valence electrons. The monoisotopic (exact) mass is 565 g/mol. The Hall–Kier alpha value is -2.96. The summed E-state index contributed by atoms with van der Waals surface area (Å²) in [6.07, 6.45) is 3.97. The van der Waals surface area contributed by atoms with Gasteiger partial charge in [0.2, 0.25) is 0 Å². The van der Waals surface area contributed by atoms with E-state index in [1.165, 1.54) is 0 Å². The fraction of sp³-hybridized carbons (Fsp3) is 0.429. The van der Waals surface area contributed by atoms with Crippen molar-refractivity contribution in [1.82, 2.24) is 0 Å². The second-order valence-corrected chi connectivity index (χ2v) is 9.31. The lowest BCUT2D eigenvalue weighted by molar-refractivity contribution is -0.150. The van der Waals surface area contributed by atoms with E-state index in [2.05, 4.69) is 19.8 Å². The van der Waals surface area contributed by atoms with Gasteiger partial charge in [0.1, 0.15) is 43.3 Å². The maximum atomic E-state index is 11.6. The molecule has 0 radical (unpaired) electrons. The summed E-state index contributed by atoms with van der Waals surface area (Å²) >= 11 is 11.4. The van der Waals surface area contributed by atoms with Gasteiger partial charge in [-0.25, -0.2) is 0 Å². The van der Waals surface area contributed by atoms with Gasteiger partial charge in [-0.1, -0.05) is 44.0 Å². The minimum absolute atomic E-state index is 0.0907. The lowest BCUT2D eigenvalue weighted by Crippen LogP contribution is -2.30. The second kappa shape index (κ2) is 16.1. The van der Waals surface area contributed by atoms with Gasteiger partial charge in [0.05, 0.1) is 19.0 Å². The highest BCUT2D eigenvalue weighted by Crippen LogP contribution is 2.33. The second-order valence-electron chi connectivity index (χ2n) is 8.73. The Labute approximate surface area is 233 Å². The molecule has 0 saturated carbocycles. The van der Waals surface area contributed by atoms with Crippen LogP contribution in [0.1, 0.15) is 25.0 Å². The molecule has 8 nitrogen and oxygen atoms in total. The van der Waals surface area contributed by atoms with Crippen LogP contribution in [0.15, 0.2) is 48.5 Å². The normalized spacial score (nSPS) is 12.6. The smallest absolute Gasteiger partial charge is 0.321 e. The first-order valence-electron chi connectivity index (χ1n) is 11.9. The van der Waals surface area contributed by atoms with Crippen LogP contribution in [-0.4, -0.2) is 68.9 Å². The zero-order valence-corrected chi connectivity index (χ0v) is 23.0. The van der Waals surface area contributed by atoms with Crippen LogP contribution in [0.2, 0.25) is 0 Å². The topological polar surface area (TPSA) is 106 Å². The molecule has 0 fully saturated rings. The number of terminal acetylenes is 1. The van der Waals surface area contributed by atoms with Crippen molar-refractivity contribution in [2.24, 2.45) is 5.73 Å². The van der Waals surface area contributed by atoms with Crippen molar-refractivity contribution < 1.29 is 33.3 Å². The molecule has 0 saturated heterocycles. The Morgan fingerprint density at radius 2 is 1.37 bits per heavy atom. The van der Waals surface area contributed by atoms with Crippen molar-refractivity contribution in [3.8, 4) is 23.8 Å². The third kappa shape index (κ3) is 10.1. The molecule has 0 amide bonds. The van der Waals surface area contributed by atoms with Gasteiger partial charge in [0, 0.05) is 5.41 Å². The summed E-state index contributed by atoms with van der Waals surface area (Å²) in [5.74, 6) is 2.35. The molecule has 10 heteroatoms. The van der Waals surface area contributed by atoms with Gasteiger partial charge in [-0.15, -0.1) is 29.6 Å². The largest absolute Gasteiger partial charge is 0.490 e. The van der Waals surface area contributed by atoms with E-state index >= 15 is 0 Å². The van der Waals surface area contributed by atoms with Gasteiger partial charge in [0.15, 0.2) is 6.10 Å². The van der Waals surface area contributed by atoms with Crippen LogP contribution in [0.3, 0.4) is 0 Å². The third-order valence-corrected chi connectivity index (χ3v) is 6.12. The molecule has 0 aliphatic heterocycles. The molecule has 2 aromatic carbocycles. The molecular weight excluding hydrogens is 533 g/mol. The first-order chi connectivity index (χ1) is 18.2. The van der Waals surface area contributed by atoms with E-state index in [4.69, 9.17) is 59.0 Å². The molecule has 0 spiro atoms. The van der Waals surface area contributed by atoms with Crippen molar-refractivity contribution >= 4 is 35.1 Å². The predicted molar refractivity (Wildman–Crippen MR) is 146 cm³/mol. The first-order valence-corrected chi connectivity index (χ1v) is 13.0. The zero-order chi connectivity index (χ0) is 28.0. The lowest BCUT2D eigenvalue weighted by atomic mass is 9.78. The SMILES string of the molecule is C#CCOC[C@H](COc1ccc(C(C)(C)c2ccc(OC[C@@H](CCl)OC(=O)CN)cc2)cc1)OC(=O)CCl. The van der Waals surface area contributed by atoms with Crippen LogP contribution in [0.25, 0.3) is 0 Å². The fourth-order valence-electron chi connectivity index (χ4n) is 3.41. The lowest BCUT2D eigenvalue weighted by Gasteiger charge is -2.27. The molecule has 0 aromatic heterocycles. The number of ether oxygens (including phenoxy) is 5. The Morgan fingerprint density at radius 1 is 0.868 bits per heavy atom. The highest BCUT2D eigenvalue weighted by Gasteiger charge is 2.24. The van der Waals surface area contributed by atoms with E-state index in [9.17, 15) is 9.59 Å². The van der Waals surface area contributed by atoms with Crippen LogP contribution in [-0.2, 0) is 29.2 Å². The molecule has 2 atom stereocenters. The van der Waals surface area contributed by atoms with Crippen molar-refractivity contribution in [3.63, 3.8) is 0 Å². The maximum Gasteiger partial charge on any atom is 0.321 e. The van der Waals surface area contributed by atoms with Crippen molar-refractivity contribution in [2.75, 3.05) is 44.7 Å². The molecule has 0 unspecified atom stereocenters. The Morgan fingerprint density at radius 3 is 1.82 bits per heavy atom. The standard InChI is InChI=1S/C28H33Cl2NO7/c1-4-13-34-17-25(38-26(32)15-30)19-36-23-11-7-21(8-12-23)28(2,3)20-5-9-22(10-6-20)35-18-24(14-29)37-27(33)16-31/h1,5-12,24-25H,13-19,31H2,2-3H3/t24-,25-/m1/s1. The minimum Gasteiger partial charge on any atom is -0.490 e. The van der Waals surface area contributed by atoms with Crippen molar-refractivity contribution in [1.29, 1.82) is 0 Å². The van der Waals surface area contributed by atoms with Crippen LogP contribution < -0.4 is 15.2 Å². The highest BCUT2D eigenvalue weighted by atomic mass is 35.5. The quantitative estimate of drug-likeness (QED) is 0.142. The summed E-state index contributed by atoms with van der Waals surface area (Å²) in [7, 11) is 0. The average molecular weight is 566 g/mol. The zero-order valence-electron chi connectivity index (χ0n) is 21.5. The van der Waals surface area contributed by atoms with E-state index in [0.717, 1.165) is 11.1 Å². The third-order valence-electron chi connectivity index (χ3n) is 5.56. The van der Waals surface area contributed by atoms with Gasteiger partial charge in [-0.3, -0.25) is 9.59 Å². The Kier molecular flexibility index (Phi) is 13.2. The van der Waals surface area contributed by atoms with Crippen LogP contribution in [0, 0.1) is 12.3 Å². The first kappa shape index (κ1) is 31.3. The minimum atomic E-state index is -0.640. The number of hydrogen-bond acceptors (Lipinski definition) is 8. The van der Waals surface area contributed by atoms with Crippen molar-refractivity contribution in [2.45, 2.75) is 31.5 Å². The molecule has 0 heterocycles. The molecule has 2 rings (SSSR count). The number of hydrogen-bond donors (Lipinski definition) is 1. The molecule has 2 N–H and O–H groups in total. The average Bonchev–Trinajstić information content (AvgIpc) is 2.94. The van der Waals surface area contributed by atoms with Gasteiger partial charge in [-0.2, -0.15) is 0 Å². The van der Waals surface area contributed by atoms with Gasteiger partial charge >= 0.3 is 11.9 Å². The summed E-state index contributed by atoms with van der Waals surface area (Å²) in [5, 5.41) is 0. The molecule has 0 bridgehead atoms. The number of alkyl halides is 2. The highest BCUT2D eigenvalue weighted by molar-refractivity contribution is 6.26. The van der Waals surface area contributed by atoms with Gasteiger partial charge < -0.3 is 29.4 Å². The number of benzene rings is 2. The molecular formula is C28H33Cl2NO7. The predicted octanol–water partition coefficient (Wildman–Crippen LogP) is 3.68. The van der Waals surface area contributed by atoms with E-state index in [0.29, 0.717) is 11.5 Å². The Balaban J connectivity index is 1.98. The van der Waals surface area contributed by atoms with E-state index in [-0.39, 0.29) is 50.1 Å². The fourth-order valence-corrected chi connectivity index (χ4v) is 3.62. The number of rotatable bonds is 16. The van der Waals surface area contributed by atoms with Crippen LogP contribution in [0.5, 0.6) is 11.5 Å². The number of halogens is 2. The number of carbonyl (C=O) groups excluding carboxylic acids is 2. The van der Waals surface area contributed by atoms with Gasteiger partial charge in [-0.05, 0) is 35.4 Å². The van der Waals surface area contributed by atoms with Crippen LogP contribution in [0.4, 0.5) is 0 Å². The van der Waals surface area contributed by atoms with Crippen LogP contribution >= 0.6 is 23.2 Å². The van der Waals surface area contributed by atoms with Gasteiger partial charge in [0.25, 0.3) is 0 Å². The van der Waals surface area contributed by atoms with Crippen molar-refractivity contribution in [3.05, 3.63) is 59.7 Å². The molecule has 38 heavy (non-hydrogen) atoms. The summed E-state index contributed by atoms with van der Waals surface area (Å²) in [5.41, 5.74) is 7.09.